The maximum atomic E-state index is 12.2. The molecule has 150 valence electrons. The molecule has 0 aliphatic carbocycles. The second-order valence-electron chi connectivity index (χ2n) is 5.60. The van der Waals surface area contributed by atoms with Crippen LogP contribution < -0.4 is 15.4 Å². The van der Waals surface area contributed by atoms with E-state index in [0.717, 1.165) is 18.5 Å². The lowest BCUT2D eigenvalue weighted by Crippen LogP contribution is -2.37. The predicted octanol–water partition coefficient (Wildman–Crippen LogP) is 2.08. The van der Waals surface area contributed by atoms with Crippen molar-refractivity contribution in [1.82, 2.24) is 15.4 Å². The number of nitrogens with one attached hydrogen (secondary N) is 3. The number of halogens is 1. The molecule has 1 rings (SSSR count). The number of aliphatic imine (C=N–C) groups is 1. The Morgan fingerprint density at radius 2 is 1.96 bits per heavy atom. The van der Waals surface area contributed by atoms with E-state index in [1.807, 2.05) is 6.07 Å². The van der Waals surface area contributed by atoms with E-state index in [4.69, 9.17) is 4.74 Å². The first-order valence-corrected chi connectivity index (χ1v) is 10.0. The summed E-state index contributed by atoms with van der Waals surface area (Å²) in [6.07, 6.45) is 3.45. The first-order chi connectivity index (χ1) is 12.0. The third-order valence-electron chi connectivity index (χ3n) is 3.56. The van der Waals surface area contributed by atoms with Crippen molar-refractivity contribution in [1.29, 1.82) is 0 Å². The quantitative estimate of drug-likeness (QED) is 0.188. The molecule has 0 spiro atoms. The number of unbranched alkanes of at least 4 members (excludes halogenated alkanes) is 2. The molecule has 0 bridgehead atoms. The Morgan fingerprint density at radius 3 is 2.62 bits per heavy atom. The van der Waals surface area contributed by atoms with E-state index in [9.17, 15) is 8.42 Å². The smallest absolute Gasteiger partial charge is 0.240 e. The summed E-state index contributed by atoms with van der Waals surface area (Å²) in [6, 6.07) is 6.85. The number of rotatable bonds is 11. The summed E-state index contributed by atoms with van der Waals surface area (Å²) in [5.74, 6) is 0.711. The summed E-state index contributed by atoms with van der Waals surface area (Å²) >= 11 is 0. The van der Waals surface area contributed by atoms with Gasteiger partial charge in [0.2, 0.25) is 10.0 Å². The highest BCUT2D eigenvalue weighted by Gasteiger charge is 2.13. The molecule has 0 radical (unpaired) electrons. The molecule has 0 unspecified atom stereocenters. The van der Waals surface area contributed by atoms with Crippen LogP contribution >= 0.6 is 24.0 Å². The molecule has 7 nitrogen and oxygen atoms in total. The van der Waals surface area contributed by atoms with Gasteiger partial charge >= 0.3 is 0 Å². The lowest BCUT2D eigenvalue weighted by molar-refractivity contribution is 0.204. The summed E-state index contributed by atoms with van der Waals surface area (Å²) in [5.41, 5.74) is 0.867. The Balaban J connectivity index is 0.00000625. The summed E-state index contributed by atoms with van der Waals surface area (Å²) in [7, 11) is -0.274. The minimum atomic E-state index is -3.52. The largest absolute Gasteiger partial charge is 0.383 e. The molecule has 9 heteroatoms. The Labute approximate surface area is 174 Å². The zero-order chi connectivity index (χ0) is 18.5. The molecule has 0 aliphatic heterocycles. The average molecular weight is 498 g/mol. The van der Waals surface area contributed by atoms with Gasteiger partial charge in [0.25, 0.3) is 0 Å². The monoisotopic (exact) mass is 498 g/mol. The maximum Gasteiger partial charge on any atom is 0.240 e. The first kappa shape index (κ1) is 25.1. The number of nitrogens with zero attached hydrogens (tertiary/aromatic N) is 1. The number of hydrogen-bond acceptors (Lipinski definition) is 4. The SMILES string of the molecule is CCCCCNC(=NC)NCc1cccc(S(=O)(=O)NCCOC)c1.I. The van der Waals surface area contributed by atoms with Gasteiger partial charge in [-0.25, -0.2) is 13.1 Å². The average Bonchev–Trinajstić information content (AvgIpc) is 2.61. The van der Waals surface area contributed by atoms with E-state index in [1.54, 1.807) is 25.2 Å². The maximum absolute atomic E-state index is 12.2. The molecule has 26 heavy (non-hydrogen) atoms. The van der Waals surface area contributed by atoms with Crippen molar-refractivity contribution >= 4 is 40.0 Å². The van der Waals surface area contributed by atoms with Gasteiger partial charge in [-0.05, 0) is 24.1 Å². The van der Waals surface area contributed by atoms with Crippen molar-refractivity contribution in [3.05, 3.63) is 29.8 Å². The number of sulfonamides is 1. The van der Waals surface area contributed by atoms with E-state index in [2.05, 4.69) is 27.3 Å². The van der Waals surface area contributed by atoms with Crippen LogP contribution in [0.15, 0.2) is 34.2 Å². The fraction of sp³-hybridized carbons (Fsp3) is 0.588. The number of guanidine groups is 1. The van der Waals surface area contributed by atoms with Gasteiger partial charge in [-0.2, -0.15) is 0 Å². The van der Waals surface area contributed by atoms with Crippen LogP contribution in [0.2, 0.25) is 0 Å². The molecule has 1 aromatic carbocycles. The Hall–Kier alpha value is -0.910. The number of methoxy groups -OCH3 is 1. The van der Waals surface area contributed by atoms with Gasteiger partial charge in [0.1, 0.15) is 0 Å². The van der Waals surface area contributed by atoms with Crippen LogP contribution in [-0.4, -0.2) is 48.2 Å². The van der Waals surface area contributed by atoms with Crippen molar-refractivity contribution in [3.63, 3.8) is 0 Å². The van der Waals surface area contributed by atoms with Crippen LogP contribution in [0.1, 0.15) is 31.7 Å². The van der Waals surface area contributed by atoms with Gasteiger partial charge in [0.15, 0.2) is 5.96 Å². The van der Waals surface area contributed by atoms with Crippen LogP contribution in [0.25, 0.3) is 0 Å². The lowest BCUT2D eigenvalue weighted by atomic mass is 10.2. The highest BCUT2D eigenvalue weighted by atomic mass is 127. The molecule has 0 aliphatic rings. The van der Waals surface area contributed by atoms with Gasteiger partial charge in [-0.15, -0.1) is 24.0 Å². The molecule has 0 saturated heterocycles. The molecule has 0 saturated carbocycles. The third kappa shape index (κ3) is 9.70. The zero-order valence-corrected chi connectivity index (χ0v) is 18.9. The summed E-state index contributed by atoms with van der Waals surface area (Å²) < 4.78 is 31.8. The van der Waals surface area contributed by atoms with Crippen LogP contribution in [0.3, 0.4) is 0 Å². The van der Waals surface area contributed by atoms with Crippen molar-refractivity contribution in [2.45, 2.75) is 37.6 Å². The van der Waals surface area contributed by atoms with Crippen LogP contribution in [0, 0.1) is 0 Å². The molecule has 0 heterocycles. The van der Waals surface area contributed by atoms with E-state index in [-0.39, 0.29) is 35.4 Å². The van der Waals surface area contributed by atoms with E-state index < -0.39 is 10.0 Å². The van der Waals surface area contributed by atoms with Crippen LogP contribution in [0.5, 0.6) is 0 Å². The Bertz CT molecular complexity index is 639. The molecule has 0 amide bonds. The highest BCUT2D eigenvalue weighted by Crippen LogP contribution is 2.11. The van der Waals surface area contributed by atoms with E-state index >= 15 is 0 Å². The van der Waals surface area contributed by atoms with Gasteiger partial charge in [0.05, 0.1) is 11.5 Å². The minimum absolute atomic E-state index is 0. The second-order valence-corrected chi connectivity index (χ2v) is 7.36. The van der Waals surface area contributed by atoms with Crippen molar-refractivity contribution in [2.24, 2.45) is 4.99 Å². The number of hydrogen-bond donors (Lipinski definition) is 3. The predicted molar refractivity (Wildman–Crippen MR) is 117 cm³/mol. The summed E-state index contributed by atoms with van der Waals surface area (Å²) in [5, 5.41) is 6.45. The molecule has 0 fully saturated rings. The van der Waals surface area contributed by atoms with Crippen molar-refractivity contribution < 1.29 is 13.2 Å². The highest BCUT2D eigenvalue weighted by molar-refractivity contribution is 14.0. The molecular weight excluding hydrogens is 467 g/mol. The summed E-state index contributed by atoms with van der Waals surface area (Å²) in [6.45, 7) is 4.11. The zero-order valence-electron chi connectivity index (χ0n) is 15.7. The van der Waals surface area contributed by atoms with Crippen molar-refractivity contribution in [3.8, 4) is 0 Å². The first-order valence-electron chi connectivity index (χ1n) is 8.55. The summed E-state index contributed by atoms with van der Waals surface area (Å²) in [4.78, 5) is 4.42. The topological polar surface area (TPSA) is 91.8 Å². The Kier molecular flexibility index (Phi) is 13.7. The Morgan fingerprint density at radius 1 is 1.19 bits per heavy atom. The van der Waals surface area contributed by atoms with Gasteiger partial charge in [0, 0.05) is 33.8 Å². The van der Waals surface area contributed by atoms with Gasteiger partial charge in [-0.3, -0.25) is 4.99 Å². The molecule has 1 aromatic rings. The molecular formula is C17H31IN4O3S. The lowest BCUT2D eigenvalue weighted by Gasteiger charge is -2.12. The van der Waals surface area contributed by atoms with Gasteiger partial charge in [-0.1, -0.05) is 31.9 Å². The van der Waals surface area contributed by atoms with E-state index in [0.29, 0.717) is 19.1 Å². The van der Waals surface area contributed by atoms with Gasteiger partial charge < -0.3 is 15.4 Å². The van der Waals surface area contributed by atoms with Crippen molar-refractivity contribution in [2.75, 3.05) is 33.9 Å². The third-order valence-corrected chi connectivity index (χ3v) is 5.02. The second kappa shape index (κ2) is 14.2. The molecule has 0 atom stereocenters. The fourth-order valence-electron chi connectivity index (χ4n) is 2.17. The molecule has 0 aromatic heterocycles. The van der Waals surface area contributed by atoms with Crippen LogP contribution in [-0.2, 0) is 21.3 Å². The number of ether oxygens (including phenoxy) is 1. The molecule has 3 N–H and O–H groups in total. The fourth-order valence-corrected chi connectivity index (χ4v) is 3.26. The standard InChI is InChI=1S/C17H30N4O3S.HI/c1-4-5-6-10-19-17(18-2)20-14-15-8-7-9-16(13-15)25(22,23)21-11-12-24-3;/h7-9,13,21H,4-6,10-12,14H2,1-3H3,(H2,18,19,20);1H. The minimum Gasteiger partial charge on any atom is -0.383 e. The normalized spacial score (nSPS) is 11.7. The number of benzene rings is 1. The van der Waals surface area contributed by atoms with E-state index in [1.165, 1.54) is 20.0 Å². The van der Waals surface area contributed by atoms with Crippen LogP contribution in [0.4, 0.5) is 0 Å².